The Morgan fingerprint density at radius 2 is 1.50 bits per heavy atom. The maximum absolute atomic E-state index is 11.8. The van der Waals surface area contributed by atoms with Crippen LogP contribution in [0.1, 0.15) is 13.8 Å². The van der Waals surface area contributed by atoms with Gasteiger partial charge in [0.15, 0.2) is 11.6 Å². The summed E-state index contributed by atoms with van der Waals surface area (Å²) in [5.41, 5.74) is -3.30. The minimum atomic E-state index is -3.30. The van der Waals surface area contributed by atoms with Crippen LogP contribution in [0.15, 0.2) is 0 Å². The number of rotatable bonds is 4. The van der Waals surface area contributed by atoms with E-state index < -0.39 is 41.1 Å². The zero-order valence-electron chi connectivity index (χ0n) is 11.5. The third kappa shape index (κ3) is 1.69. The van der Waals surface area contributed by atoms with Gasteiger partial charge in [0.05, 0.1) is 0 Å². The molecule has 9 heteroatoms. The number of hydrogen-bond acceptors (Lipinski definition) is 9. The van der Waals surface area contributed by atoms with Gasteiger partial charge in [-0.25, -0.2) is 0 Å². The summed E-state index contributed by atoms with van der Waals surface area (Å²) in [7, 11) is 1.80. The van der Waals surface area contributed by atoms with Crippen LogP contribution >= 0.6 is 0 Å². The van der Waals surface area contributed by atoms with Gasteiger partial charge in [-0.3, -0.25) is 9.59 Å². The van der Waals surface area contributed by atoms with Crippen molar-refractivity contribution in [2.45, 2.75) is 36.8 Å². The number of aliphatic hydroxyl groups is 4. The van der Waals surface area contributed by atoms with Gasteiger partial charge >= 0.3 is 0 Å². The van der Waals surface area contributed by atoms with Crippen LogP contribution in [0.3, 0.4) is 0 Å². The Hall–Kier alpha value is -0.940. The Balaban J connectivity index is 3.66. The number of Topliss-reactive ketones (excluding diaryl/α,β-unsaturated/α-hetero) is 2. The Labute approximate surface area is 114 Å². The van der Waals surface area contributed by atoms with Crippen molar-refractivity contribution in [1.29, 1.82) is 0 Å². The summed E-state index contributed by atoms with van der Waals surface area (Å²) in [6, 6.07) is 0. The number of carbonyl (C=O) groups excluding carboxylic acids is 2. The lowest BCUT2D eigenvalue weighted by atomic mass is 9.73. The zero-order valence-corrected chi connectivity index (χ0v) is 11.5. The van der Waals surface area contributed by atoms with Crippen LogP contribution in [0, 0.1) is 0 Å². The second-order valence-electron chi connectivity index (χ2n) is 4.59. The van der Waals surface area contributed by atoms with Gasteiger partial charge in [0.2, 0.25) is 11.4 Å². The fourth-order valence-corrected chi connectivity index (χ4v) is 2.25. The second kappa shape index (κ2) is 4.81. The first-order valence-corrected chi connectivity index (χ1v) is 5.62. The molecule has 20 heavy (non-hydrogen) atoms. The van der Waals surface area contributed by atoms with E-state index in [1.54, 1.807) is 0 Å². The summed E-state index contributed by atoms with van der Waals surface area (Å²) in [4.78, 5) is 23.3. The smallest absolute Gasteiger partial charge is 0.269 e. The van der Waals surface area contributed by atoms with Gasteiger partial charge in [-0.2, -0.15) is 0 Å². The van der Waals surface area contributed by atoms with Crippen molar-refractivity contribution in [3.8, 4) is 0 Å². The van der Waals surface area contributed by atoms with E-state index in [2.05, 4.69) is 9.47 Å². The lowest BCUT2D eigenvalue weighted by Crippen LogP contribution is -2.86. The Kier molecular flexibility index (Phi) is 4.11. The predicted octanol–water partition coefficient (Wildman–Crippen LogP) is -2.72. The van der Waals surface area contributed by atoms with Gasteiger partial charge in [0, 0.05) is 21.1 Å². The third-order valence-electron chi connectivity index (χ3n) is 3.61. The maximum atomic E-state index is 11.8. The molecule has 116 valence electrons. The van der Waals surface area contributed by atoms with Crippen molar-refractivity contribution >= 4 is 11.6 Å². The molecule has 9 nitrogen and oxygen atoms in total. The molecule has 0 aromatic rings. The molecular weight excluding hydrogens is 276 g/mol. The normalized spacial score (nSPS) is 45.2. The molecule has 0 aromatic carbocycles. The van der Waals surface area contributed by atoms with Crippen LogP contribution in [-0.2, 0) is 23.8 Å². The van der Waals surface area contributed by atoms with E-state index in [1.807, 2.05) is 0 Å². The largest absolute Gasteiger partial charge is 0.372 e. The topological polar surface area (TPSA) is 143 Å². The number of ether oxygens (including phenoxy) is 3. The van der Waals surface area contributed by atoms with E-state index in [1.165, 1.54) is 0 Å². The molecule has 1 fully saturated rings. The summed E-state index contributed by atoms with van der Waals surface area (Å²) in [5, 5.41) is 41.2. The summed E-state index contributed by atoms with van der Waals surface area (Å²) in [6.45, 7) is 0.684. The molecular formula is C11H18O9. The summed E-state index contributed by atoms with van der Waals surface area (Å²) in [6.07, 6.45) is 0. The molecule has 1 aliphatic heterocycles. The molecule has 0 amide bonds. The van der Waals surface area contributed by atoms with Crippen molar-refractivity contribution < 1.29 is 44.2 Å². The molecule has 1 rings (SSSR count). The molecule has 0 saturated carbocycles. The molecule has 4 N–H and O–H groups in total. The highest BCUT2D eigenvalue weighted by Crippen LogP contribution is 2.47. The van der Waals surface area contributed by atoms with Gasteiger partial charge < -0.3 is 34.6 Å². The standard InChI is InChI=1S/C11H18O9/c1-6(12)9(15)10(16,7(2)13)20-5-8(14,18-3)11(9,17)19-4/h14-17H,5H2,1-4H3/t8-,9-,10?,11+/m0/s1. The van der Waals surface area contributed by atoms with E-state index in [4.69, 9.17) is 4.74 Å². The van der Waals surface area contributed by atoms with Crippen LogP contribution in [0.5, 0.6) is 0 Å². The lowest BCUT2D eigenvalue weighted by molar-refractivity contribution is -0.488. The minimum Gasteiger partial charge on any atom is -0.372 e. The molecule has 1 heterocycles. The molecule has 0 radical (unpaired) electrons. The van der Waals surface area contributed by atoms with E-state index >= 15 is 0 Å². The van der Waals surface area contributed by atoms with Gasteiger partial charge in [-0.1, -0.05) is 0 Å². The fraction of sp³-hybridized carbons (Fsp3) is 0.818. The van der Waals surface area contributed by atoms with Crippen LogP contribution in [-0.4, -0.2) is 75.8 Å². The van der Waals surface area contributed by atoms with Crippen LogP contribution < -0.4 is 0 Å². The molecule has 0 aliphatic carbocycles. The van der Waals surface area contributed by atoms with E-state index in [-0.39, 0.29) is 0 Å². The van der Waals surface area contributed by atoms with Crippen LogP contribution in [0.2, 0.25) is 0 Å². The first kappa shape index (κ1) is 17.1. The van der Waals surface area contributed by atoms with Gasteiger partial charge in [0.1, 0.15) is 6.61 Å². The fourth-order valence-electron chi connectivity index (χ4n) is 2.25. The Morgan fingerprint density at radius 3 is 1.80 bits per heavy atom. The van der Waals surface area contributed by atoms with Crippen molar-refractivity contribution in [3.63, 3.8) is 0 Å². The molecule has 1 aliphatic rings. The summed E-state index contributed by atoms with van der Waals surface area (Å²) in [5.74, 6) is -11.4. The second-order valence-corrected chi connectivity index (χ2v) is 4.59. The first-order valence-electron chi connectivity index (χ1n) is 5.62. The van der Waals surface area contributed by atoms with E-state index in [9.17, 15) is 30.0 Å². The van der Waals surface area contributed by atoms with Crippen molar-refractivity contribution in [2.75, 3.05) is 20.8 Å². The number of carbonyl (C=O) groups is 2. The maximum Gasteiger partial charge on any atom is 0.269 e. The highest BCUT2D eigenvalue weighted by atomic mass is 16.8. The Bertz CT molecular complexity index is 438. The quantitative estimate of drug-likeness (QED) is 0.407. The summed E-state index contributed by atoms with van der Waals surface area (Å²) < 4.78 is 14.0. The first-order chi connectivity index (χ1) is 8.97. The van der Waals surface area contributed by atoms with Gasteiger partial charge in [0.25, 0.3) is 11.6 Å². The van der Waals surface area contributed by atoms with Gasteiger partial charge in [-0.15, -0.1) is 0 Å². The molecule has 0 spiro atoms. The highest BCUT2D eigenvalue weighted by Gasteiger charge is 2.80. The average molecular weight is 294 g/mol. The third-order valence-corrected chi connectivity index (χ3v) is 3.61. The van der Waals surface area contributed by atoms with Crippen molar-refractivity contribution in [3.05, 3.63) is 0 Å². The summed E-state index contributed by atoms with van der Waals surface area (Å²) >= 11 is 0. The number of ketones is 2. The zero-order chi connectivity index (χ0) is 16.0. The Morgan fingerprint density at radius 1 is 1.00 bits per heavy atom. The van der Waals surface area contributed by atoms with E-state index in [0.29, 0.717) is 0 Å². The monoisotopic (exact) mass is 294 g/mol. The number of methoxy groups -OCH3 is 2. The predicted molar refractivity (Wildman–Crippen MR) is 61.1 cm³/mol. The van der Waals surface area contributed by atoms with Gasteiger partial charge in [-0.05, 0) is 6.92 Å². The lowest BCUT2D eigenvalue weighted by Gasteiger charge is -2.56. The molecule has 0 bridgehead atoms. The van der Waals surface area contributed by atoms with Crippen molar-refractivity contribution in [2.24, 2.45) is 0 Å². The molecule has 1 unspecified atom stereocenters. The van der Waals surface area contributed by atoms with Crippen LogP contribution in [0.4, 0.5) is 0 Å². The van der Waals surface area contributed by atoms with Crippen LogP contribution in [0.25, 0.3) is 0 Å². The highest BCUT2D eigenvalue weighted by molar-refractivity contribution is 5.97. The van der Waals surface area contributed by atoms with E-state index in [0.717, 1.165) is 28.1 Å². The molecule has 4 atom stereocenters. The number of hydrogen-bond donors (Lipinski definition) is 4. The molecule has 0 aromatic heterocycles. The molecule has 1 saturated heterocycles. The minimum absolute atomic E-state index is 0.780. The average Bonchev–Trinajstić information content (AvgIpc) is 2.40. The SMILES string of the molecule is CO[C@]1(O)[C@@](O)(OC)COC(O)(C(C)=O)[C@@]1(O)C(C)=O. The van der Waals surface area contributed by atoms with Crippen molar-refractivity contribution in [1.82, 2.24) is 0 Å².